The number of rotatable bonds is 7. The van der Waals surface area contributed by atoms with Gasteiger partial charge < -0.3 is 5.32 Å². The second-order valence-corrected chi connectivity index (χ2v) is 10.8. The zero-order valence-electron chi connectivity index (χ0n) is 14.0. The molecule has 0 saturated heterocycles. The van der Waals surface area contributed by atoms with Crippen molar-refractivity contribution in [3.63, 3.8) is 0 Å². The number of halogens is 1. The second-order valence-electron chi connectivity index (χ2n) is 5.86. The molecule has 0 fully saturated rings. The zero-order valence-corrected chi connectivity index (χ0v) is 17.2. The van der Waals surface area contributed by atoms with Gasteiger partial charge >= 0.3 is 0 Å². The molecule has 2 aromatic rings. The van der Waals surface area contributed by atoms with Crippen LogP contribution >= 0.6 is 15.9 Å². The van der Waals surface area contributed by atoms with Crippen molar-refractivity contribution in [2.75, 3.05) is 24.4 Å². The van der Waals surface area contributed by atoms with Crippen LogP contribution in [-0.4, -0.2) is 35.9 Å². The summed E-state index contributed by atoms with van der Waals surface area (Å²) in [5.41, 5.74) is 1.61. The van der Waals surface area contributed by atoms with Gasteiger partial charge in [-0.05, 0) is 48.7 Å². The number of anilines is 1. The molecule has 0 saturated carbocycles. The summed E-state index contributed by atoms with van der Waals surface area (Å²) >= 11 is 3.43. The Balaban J connectivity index is 2.11. The molecule has 2 rings (SSSR count). The summed E-state index contributed by atoms with van der Waals surface area (Å²) in [6.07, 6.45) is 3.79. The zero-order chi connectivity index (χ0) is 18.7. The van der Waals surface area contributed by atoms with Gasteiger partial charge in [-0.3, -0.25) is 0 Å². The summed E-state index contributed by atoms with van der Waals surface area (Å²) in [5.74, 6) is 0. The second kappa shape index (κ2) is 7.88. The molecule has 0 spiro atoms. The van der Waals surface area contributed by atoms with Gasteiger partial charge in [-0.15, -0.1) is 0 Å². The molecule has 0 atom stereocenters. The first kappa shape index (κ1) is 19.9. The Kier molecular flexibility index (Phi) is 6.29. The molecule has 5 nitrogen and oxygen atoms in total. The monoisotopic (exact) mass is 445 g/mol. The fourth-order valence-electron chi connectivity index (χ4n) is 2.39. The Morgan fingerprint density at radius 3 is 2.28 bits per heavy atom. The number of benzene rings is 2. The van der Waals surface area contributed by atoms with Gasteiger partial charge in [0.2, 0.25) is 0 Å². The average Bonchev–Trinajstić information content (AvgIpc) is 2.50. The normalized spacial score (nSPS) is 12.1. The van der Waals surface area contributed by atoms with Gasteiger partial charge in [-0.2, -0.15) is 0 Å². The van der Waals surface area contributed by atoms with Crippen LogP contribution in [0.1, 0.15) is 12.0 Å². The molecule has 8 heteroatoms. The van der Waals surface area contributed by atoms with Gasteiger partial charge in [-0.1, -0.05) is 28.1 Å². The average molecular weight is 446 g/mol. The van der Waals surface area contributed by atoms with Crippen LogP contribution in [0.15, 0.2) is 56.7 Å². The van der Waals surface area contributed by atoms with Crippen molar-refractivity contribution in [2.24, 2.45) is 0 Å². The van der Waals surface area contributed by atoms with E-state index < -0.39 is 19.7 Å². The maximum Gasteiger partial charge on any atom is 0.177 e. The van der Waals surface area contributed by atoms with Crippen LogP contribution in [0, 0.1) is 0 Å². The highest BCUT2D eigenvalue weighted by Gasteiger charge is 2.17. The van der Waals surface area contributed by atoms with Crippen LogP contribution in [0.5, 0.6) is 0 Å². The summed E-state index contributed by atoms with van der Waals surface area (Å²) in [4.78, 5) is -0.00880. The van der Waals surface area contributed by atoms with E-state index in [0.29, 0.717) is 12.2 Å². The van der Waals surface area contributed by atoms with Crippen LogP contribution in [0.3, 0.4) is 0 Å². The van der Waals surface area contributed by atoms with Crippen molar-refractivity contribution < 1.29 is 16.8 Å². The van der Waals surface area contributed by atoms with Gasteiger partial charge in [0.15, 0.2) is 19.7 Å². The highest BCUT2D eigenvalue weighted by molar-refractivity contribution is 9.10. The lowest BCUT2D eigenvalue weighted by Crippen LogP contribution is -2.10. The fraction of sp³-hybridized carbons (Fsp3) is 0.294. The van der Waals surface area contributed by atoms with Crippen molar-refractivity contribution >= 4 is 41.3 Å². The van der Waals surface area contributed by atoms with Crippen molar-refractivity contribution in [3.8, 4) is 0 Å². The Hall–Kier alpha value is -1.38. The minimum atomic E-state index is -3.54. The number of hydrogen-bond acceptors (Lipinski definition) is 5. The van der Waals surface area contributed by atoms with Gasteiger partial charge in [0.1, 0.15) is 0 Å². The molecule has 0 unspecified atom stereocenters. The van der Waals surface area contributed by atoms with Gasteiger partial charge in [0.25, 0.3) is 0 Å². The molecule has 0 aliphatic rings. The smallest absolute Gasteiger partial charge is 0.177 e. The lowest BCUT2D eigenvalue weighted by molar-refractivity contribution is 0.600. The molecule has 0 heterocycles. The first-order valence-corrected chi connectivity index (χ1v) is 12.2. The molecule has 0 amide bonds. The molecule has 1 N–H and O–H groups in total. The van der Waals surface area contributed by atoms with Crippen LogP contribution in [0.2, 0.25) is 0 Å². The Morgan fingerprint density at radius 1 is 0.960 bits per heavy atom. The molecular weight excluding hydrogens is 426 g/mol. The summed E-state index contributed by atoms with van der Waals surface area (Å²) in [6, 6.07) is 12.1. The van der Waals surface area contributed by atoms with E-state index in [1.807, 2.05) is 24.3 Å². The maximum atomic E-state index is 12.0. The van der Waals surface area contributed by atoms with Gasteiger partial charge in [0.05, 0.1) is 15.5 Å². The van der Waals surface area contributed by atoms with Gasteiger partial charge in [0, 0.05) is 23.5 Å². The van der Waals surface area contributed by atoms with E-state index in [1.165, 1.54) is 23.8 Å². The van der Waals surface area contributed by atoms with Crippen molar-refractivity contribution in [1.29, 1.82) is 0 Å². The SMILES string of the molecule is CS(=O)(=O)c1ccc(NCCCc2cccc(Br)c2)c(S(C)(=O)=O)c1. The topological polar surface area (TPSA) is 80.3 Å². The number of sulfone groups is 2. The Labute approximate surface area is 157 Å². The molecule has 25 heavy (non-hydrogen) atoms. The van der Waals surface area contributed by atoms with Crippen molar-refractivity contribution in [1.82, 2.24) is 0 Å². The molecule has 0 radical (unpaired) electrons. The minimum Gasteiger partial charge on any atom is -0.384 e. The Bertz CT molecular complexity index is 970. The standard InChI is InChI=1S/C17H20BrNO4S2/c1-24(20,21)15-8-9-16(17(12-15)25(2,22)23)19-10-4-6-13-5-3-7-14(18)11-13/h3,5,7-9,11-12,19H,4,6,10H2,1-2H3. The molecular formula is C17H20BrNO4S2. The summed E-state index contributed by atoms with van der Waals surface area (Å²) in [5, 5.41) is 3.10. The Morgan fingerprint density at radius 2 is 1.68 bits per heavy atom. The summed E-state index contributed by atoms with van der Waals surface area (Å²) < 4.78 is 48.3. The first-order chi connectivity index (χ1) is 11.6. The molecule has 2 aromatic carbocycles. The largest absolute Gasteiger partial charge is 0.384 e. The molecule has 0 aliphatic carbocycles. The van der Waals surface area contributed by atoms with E-state index in [9.17, 15) is 16.8 Å². The van der Waals surface area contributed by atoms with Gasteiger partial charge in [-0.25, -0.2) is 16.8 Å². The number of nitrogens with one attached hydrogen (secondary N) is 1. The van der Waals surface area contributed by atoms with E-state index in [0.717, 1.165) is 29.8 Å². The van der Waals surface area contributed by atoms with Crippen LogP contribution < -0.4 is 5.32 Å². The predicted octanol–water partition coefficient (Wildman–Crippen LogP) is 3.30. The maximum absolute atomic E-state index is 12.0. The van der Waals surface area contributed by atoms with Crippen LogP contribution in [0.4, 0.5) is 5.69 Å². The van der Waals surface area contributed by atoms with Crippen LogP contribution in [-0.2, 0) is 26.1 Å². The van der Waals surface area contributed by atoms with Crippen molar-refractivity contribution in [2.45, 2.75) is 22.6 Å². The highest BCUT2D eigenvalue weighted by atomic mass is 79.9. The van der Waals surface area contributed by atoms with E-state index >= 15 is 0 Å². The first-order valence-electron chi connectivity index (χ1n) is 7.60. The summed E-state index contributed by atoms with van der Waals surface area (Å²) in [7, 11) is -7.01. The van der Waals surface area contributed by atoms with Crippen LogP contribution in [0.25, 0.3) is 0 Å². The molecule has 136 valence electrons. The quantitative estimate of drug-likeness (QED) is 0.661. The highest BCUT2D eigenvalue weighted by Crippen LogP contribution is 2.25. The molecule has 0 aliphatic heterocycles. The lowest BCUT2D eigenvalue weighted by atomic mass is 10.1. The van der Waals surface area contributed by atoms with E-state index in [-0.39, 0.29) is 9.79 Å². The lowest BCUT2D eigenvalue weighted by Gasteiger charge is -2.12. The van der Waals surface area contributed by atoms with Crippen molar-refractivity contribution in [3.05, 3.63) is 52.5 Å². The van der Waals surface area contributed by atoms with E-state index in [4.69, 9.17) is 0 Å². The number of aryl methyl sites for hydroxylation is 1. The van der Waals surface area contributed by atoms with E-state index in [1.54, 1.807) is 0 Å². The number of hydrogen-bond donors (Lipinski definition) is 1. The third-order valence-corrected chi connectivity index (χ3v) is 6.37. The molecule has 0 aromatic heterocycles. The third-order valence-electron chi connectivity index (χ3n) is 3.63. The summed E-state index contributed by atoms with van der Waals surface area (Å²) in [6.45, 7) is 0.577. The van der Waals surface area contributed by atoms with E-state index in [2.05, 4.69) is 21.2 Å². The predicted molar refractivity (Wildman–Crippen MR) is 104 cm³/mol. The third kappa shape index (κ3) is 5.83. The molecule has 0 bridgehead atoms. The fourth-order valence-corrected chi connectivity index (χ4v) is 4.44. The minimum absolute atomic E-state index is 0.00196.